The van der Waals surface area contributed by atoms with Crippen LogP contribution in [0.25, 0.3) is 0 Å². The molecule has 4 nitrogen and oxygen atoms in total. The van der Waals surface area contributed by atoms with Gasteiger partial charge in [-0.3, -0.25) is 4.79 Å². The summed E-state index contributed by atoms with van der Waals surface area (Å²) in [6.45, 7) is 4.27. The van der Waals surface area contributed by atoms with E-state index in [1.165, 1.54) is 6.42 Å². The summed E-state index contributed by atoms with van der Waals surface area (Å²) in [6, 6.07) is 7.75. The van der Waals surface area contributed by atoms with Gasteiger partial charge >= 0.3 is 0 Å². The first-order valence-electron chi connectivity index (χ1n) is 7.33. The van der Waals surface area contributed by atoms with Gasteiger partial charge < -0.3 is 15.4 Å². The number of benzene rings is 1. The van der Waals surface area contributed by atoms with Crippen molar-refractivity contribution in [2.24, 2.45) is 5.73 Å². The zero-order chi connectivity index (χ0) is 15.4. The summed E-state index contributed by atoms with van der Waals surface area (Å²) in [5.41, 5.74) is 6.34. The lowest BCUT2D eigenvalue weighted by atomic mass is 9.97. The summed E-state index contributed by atoms with van der Waals surface area (Å²) in [7, 11) is 0. The van der Waals surface area contributed by atoms with Gasteiger partial charge in [0, 0.05) is 17.6 Å². The van der Waals surface area contributed by atoms with Crippen molar-refractivity contribution >= 4 is 23.1 Å². The van der Waals surface area contributed by atoms with E-state index >= 15 is 0 Å². The number of nitrogens with zero attached hydrogens (tertiary/aromatic N) is 1. The number of thiocarbonyl (C=S) groups is 1. The zero-order valence-corrected chi connectivity index (χ0v) is 13.4. The summed E-state index contributed by atoms with van der Waals surface area (Å²) < 4.78 is 5.58. The second kappa shape index (κ2) is 6.89. The van der Waals surface area contributed by atoms with Crippen molar-refractivity contribution in [1.82, 2.24) is 4.90 Å². The number of carbonyl (C=O) groups excluding carboxylic acids is 1. The van der Waals surface area contributed by atoms with E-state index in [-0.39, 0.29) is 12.5 Å². The molecule has 1 fully saturated rings. The van der Waals surface area contributed by atoms with Gasteiger partial charge in [0.15, 0.2) is 6.61 Å². The Morgan fingerprint density at radius 3 is 2.38 bits per heavy atom. The topological polar surface area (TPSA) is 55.6 Å². The smallest absolute Gasteiger partial charge is 0.260 e. The average molecular weight is 306 g/mol. The minimum Gasteiger partial charge on any atom is -0.484 e. The molecule has 0 saturated carbocycles. The molecule has 1 aromatic carbocycles. The highest BCUT2D eigenvalue weighted by Crippen LogP contribution is 2.22. The van der Waals surface area contributed by atoms with Crippen molar-refractivity contribution < 1.29 is 9.53 Å². The molecule has 1 aromatic rings. The van der Waals surface area contributed by atoms with E-state index in [9.17, 15) is 4.79 Å². The molecular formula is C16H22N2O2S. The molecular weight excluding hydrogens is 284 g/mol. The largest absolute Gasteiger partial charge is 0.484 e. The van der Waals surface area contributed by atoms with Crippen molar-refractivity contribution in [3.63, 3.8) is 0 Å². The highest BCUT2D eigenvalue weighted by Gasteiger charge is 2.28. The first-order valence-corrected chi connectivity index (χ1v) is 7.73. The normalized spacial score (nSPS) is 21.9. The van der Waals surface area contributed by atoms with Crippen LogP contribution >= 0.6 is 12.2 Å². The maximum atomic E-state index is 12.3. The number of likely N-dealkylation sites (tertiary alicyclic amines) is 1. The molecule has 1 heterocycles. The third kappa shape index (κ3) is 3.94. The number of amides is 1. The van der Waals surface area contributed by atoms with E-state index in [4.69, 9.17) is 22.7 Å². The summed E-state index contributed by atoms with van der Waals surface area (Å²) in [5.74, 6) is 0.703. The van der Waals surface area contributed by atoms with Gasteiger partial charge in [0.2, 0.25) is 0 Å². The number of piperidine rings is 1. The molecule has 1 amide bonds. The lowest BCUT2D eigenvalue weighted by molar-refractivity contribution is -0.139. The first-order chi connectivity index (χ1) is 9.99. The van der Waals surface area contributed by atoms with Gasteiger partial charge in [-0.25, -0.2) is 0 Å². The minimum absolute atomic E-state index is 0.0492. The van der Waals surface area contributed by atoms with Crippen molar-refractivity contribution in [2.45, 2.75) is 45.2 Å². The molecule has 0 aromatic heterocycles. The van der Waals surface area contributed by atoms with Crippen LogP contribution in [0, 0.1) is 0 Å². The predicted molar refractivity (Wildman–Crippen MR) is 87.4 cm³/mol. The van der Waals surface area contributed by atoms with Crippen LogP contribution in [-0.2, 0) is 4.79 Å². The quantitative estimate of drug-likeness (QED) is 0.868. The minimum atomic E-state index is 0.0492. The van der Waals surface area contributed by atoms with Gasteiger partial charge in [0.05, 0.1) is 0 Å². The molecule has 1 aliphatic rings. The number of hydrogen-bond donors (Lipinski definition) is 1. The van der Waals surface area contributed by atoms with E-state index in [2.05, 4.69) is 13.8 Å². The fourth-order valence-corrected chi connectivity index (χ4v) is 2.98. The molecule has 0 aliphatic carbocycles. The maximum Gasteiger partial charge on any atom is 0.260 e. The Kier molecular flexibility index (Phi) is 5.17. The van der Waals surface area contributed by atoms with Gasteiger partial charge in [-0.2, -0.15) is 0 Å². The summed E-state index contributed by atoms with van der Waals surface area (Å²) >= 11 is 4.90. The Labute approximate surface area is 131 Å². The van der Waals surface area contributed by atoms with Crippen LogP contribution in [0.15, 0.2) is 24.3 Å². The van der Waals surface area contributed by atoms with Gasteiger partial charge in [-0.15, -0.1) is 0 Å². The van der Waals surface area contributed by atoms with Crippen LogP contribution in [0.3, 0.4) is 0 Å². The van der Waals surface area contributed by atoms with Gasteiger partial charge in [-0.05, 0) is 57.4 Å². The Bertz CT molecular complexity index is 506. The molecule has 2 atom stereocenters. The molecule has 1 aliphatic heterocycles. The number of hydrogen-bond acceptors (Lipinski definition) is 3. The van der Waals surface area contributed by atoms with Gasteiger partial charge in [0.25, 0.3) is 5.91 Å². The lowest BCUT2D eigenvalue weighted by Crippen LogP contribution is -2.49. The highest BCUT2D eigenvalue weighted by molar-refractivity contribution is 7.80. The average Bonchev–Trinajstić information content (AvgIpc) is 2.45. The fourth-order valence-electron chi connectivity index (χ4n) is 2.85. The summed E-state index contributed by atoms with van der Waals surface area (Å²) in [6.07, 6.45) is 3.32. The number of nitrogens with two attached hydrogens (primary N) is 1. The van der Waals surface area contributed by atoms with Crippen LogP contribution in [0.4, 0.5) is 0 Å². The number of rotatable bonds is 4. The van der Waals surface area contributed by atoms with Crippen LogP contribution in [-0.4, -0.2) is 34.5 Å². The van der Waals surface area contributed by atoms with Crippen LogP contribution in [0.1, 0.15) is 38.7 Å². The maximum absolute atomic E-state index is 12.3. The lowest BCUT2D eigenvalue weighted by Gasteiger charge is -2.38. The molecule has 1 saturated heterocycles. The zero-order valence-electron chi connectivity index (χ0n) is 12.5. The Balaban J connectivity index is 1.92. The molecule has 0 spiro atoms. The SMILES string of the molecule is C[C@@H]1CCC[C@H](C)N1C(=O)COc1ccc(C(N)=S)cc1. The van der Waals surface area contributed by atoms with E-state index in [1.807, 2.05) is 4.90 Å². The third-order valence-corrected chi connectivity index (χ3v) is 4.22. The van der Waals surface area contributed by atoms with Crippen molar-refractivity contribution in [3.8, 4) is 5.75 Å². The number of ether oxygens (including phenoxy) is 1. The van der Waals surface area contributed by atoms with Gasteiger partial charge in [0.1, 0.15) is 10.7 Å². The summed E-state index contributed by atoms with van der Waals surface area (Å²) in [5, 5.41) is 0. The molecule has 0 bridgehead atoms. The summed E-state index contributed by atoms with van der Waals surface area (Å²) in [4.78, 5) is 14.6. The molecule has 21 heavy (non-hydrogen) atoms. The Morgan fingerprint density at radius 1 is 1.29 bits per heavy atom. The van der Waals surface area contributed by atoms with E-state index in [0.29, 0.717) is 22.8 Å². The van der Waals surface area contributed by atoms with E-state index in [1.54, 1.807) is 24.3 Å². The molecule has 0 radical (unpaired) electrons. The van der Waals surface area contributed by atoms with Crippen molar-refractivity contribution in [1.29, 1.82) is 0 Å². The van der Waals surface area contributed by atoms with Crippen molar-refractivity contribution in [2.75, 3.05) is 6.61 Å². The monoisotopic (exact) mass is 306 g/mol. The second-order valence-corrected chi connectivity index (χ2v) is 6.05. The van der Waals surface area contributed by atoms with Crippen LogP contribution in [0.5, 0.6) is 5.75 Å². The molecule has 114 valence electrons. The Morgan fingerprint density at radius 2 is 1.86 bits per heavy atom. The molecule has 2 N–H and O–H groups in total. The Hall–Kier alpha value is -1.62. The standard InChI is InChI=1S/C16H22N2O2S/c1-11-4-3-5-12(2)18(11)15(19)10-20-14-8-6-13(7-9-14)16(17)21/h6-9,11-12H,3-5,10H2,1-2H3,(H2,17,21)/t11-,12+. The van der Waals surface area contributed by atoms with Crippen molar-refractivity contribution in [3.05, 3.63) is 29.8 Å². The number of carbonyl (C=O) groups is 1. The molecule has 5 heteroatoms. The highest BCUT2D eigenvalue weighted by atomic mass is 32.1. The van der Waals surface area contributed by atoms with Crippen LogP contribution in [0.2, 0.25) is 0 Å². The van der Waals surface area contributed by atoms with Gasteiger partial charge in [-0.1, -0.05) is 12.2 Å². The first kappa shape index (κ1) is 15.8. The molecule has 0 unspecified atom stereocenters. The third-order valence-electron chi connectivity index (χ3n) is 3.98. The van der Waals surface area contributed by atoms with E-state index < -0.39 is 0 Å². The predicted octanol–water partition coefficient (Wildman–Crippen LogP) is 2.49. The molecule has 2 rings (SSSR count). The van der Waals surface area contributed by atoms with Crippen LogP contribution < -0.4 is 10.5 Å². The second-order valence-electron chi connectivity index (χ2n) is 5.61. The fraction of sp³-hybridized carbons (Fsp3) is 0.500. The van der Waals surface area contributed by atoms with E-state index in [0.717, 1.165) is 18.4 Å².